The molecule has 0 aliphatic heterocycles. The SMILES string of the molecule is CC/C=C/C/C=C/C=C/C(O)CCCCCCCC(=O)OC[C@H](COP(=O)([O-])OCC[N+](C)(C)C)OC(=O)CCCCCCCCC/C=C\CCCCCC. The summed E-state index contributed by atoms with van der Waals surface area (Å²) in [5, 5.41) is 10.1. The number of carbonyl (C=O) groups is 2. The lowest BCUT2D eigenvalue weighted by Gasteiger charge is -2.28. The number of quaternary nitrogens is 1. The van der Waals surface area contributed by atoms with Gasteiger partial charge in [0.2, 0.25) is 0 Å². The van der Waals surface area contributed by atoms with Gasteiger partial charge < -0.3 is 33.0 Å². The van der Waals surface area contributed by atoms with Crippen LogP contribution < -0.4 is 4.89 Å². The van der Waals surface area contributed by atoms with Crippen molar-refractivity contribution in [3.63, 3.8) is 0 Å². The molecule has 1 N–H and O–H groups in total. The highest BCUT2D eigenvalue weighted by Crippen LogP contribution is 2.38. The zero-order valence-electron chi connectivity index (χ0n) is 35.5. The molecule has 0 aliphatic carbocycles. The highest BCUT2D eigenvalue weighted by molar-refractivity contribution is 7.45. The third kappa shape index (κ3) is 39.9. The van der Waals surface area contributed by atoms with Crippen molar-refractivity contribution >= 4 is 19.8 Å². The van der Waals surface area contributed by atoms with E-state index in [1.54, 1.807) is 6.08 Å². The zero-order chi connectivity index (χ0) is 40.9. The van der Waals surface area contributed by atoms with Crippen LogP contribution in [0, 0.1) is 0 Å². The minimum absolute atomic E-state index is 0.0490. The maximum absolute atomic E-state index is 12.7. The normalized spacial score (nSPS) is 14.7. The number of hydrogen-bond donors (Lipinski definition) is 1. The van der Waals surface area contributed by atoms with Crippen LogP contribution in [0.4, 0.5) is 0 Å². The Morgan fingerprint density at radius 2 is 1.27 bits per heavy atom. The smallest absolute Gasteiger partial charge is 0.306 e. The second-order valence-electron chi connectivity index (χ2n) is 15.5. The molecule has 0 fully saturated rings. The predicted octanol–water partition coefficient (Wildman–Crippen LogP) is 10.2. The summed E-state index contributed by atoms with van der Waals surface area (Å²) in [5.41, 5.74) is 0. The van der Waals surface area contributed by atoms with E-state index in [0.29, 0.717) is 30.3 Å². The standard InChI is InChI=1S/C44H80NO9P/c1-6-8-10-12-14-15-16-17-18-19-20-21-23-27-32-36-44(48)54-42(40-53-55(49,50)52-38-37-45(3,4)5)39-51-43(47)35-31-28-24-26-30-34-41(46)33-29-25-22-13-11-9-7-2/h9,11,15-16,22,25,29,33,41-42,46H,6-8,10,12-14,17-21,23-24,26-28,30-32,34-40H2,1-5H3/b11-9+,16-15-,25-22+,33-29+/t41?,42-/m1/s1. The number of ether oxygens (including phenoxy) is 2. The van der Waals surface area contributed by atoms with Crippen molar-refractivity contribution < 1.29 is 47.2 Å². The number of likely N-dealkylation sites (N-methyl/N-ethyl adjacent to an activating group) is 1. The molecular formula is C44H80NO9P. The van der Waals surface area contributed by atoms with Crippen LogP contribution in [-0.4, -0.2) is 81.2 Å². The van der Waals surface area contributed by atoms with E-state index in [1.165, 1.54) is 51.4 Å². The number of carbonyl (C=O) groups excluding carboxylic acids is 2. The first kappa shape index (κ1) is 52.9. The molecule has 3 atom stereocenters. The number of nitrogens with zero attached hydrogens (tertiary/aromatic N) is 1. The van der Waals surface area contributed by atoms with Gasteiger partial charge in [0.25, 0.3) is 7.82 Å². The average Bonchev–Trinajstić information content (AvgIpc) is 3.12. The van der Waals surface area contributed by atoms with Crippen LogP contribution in [0.3, 0.4) is 0 Å². The van der Waals surface area contributed by atoms with Gasteiger partial charge in [-0.25, -0.2) is 0 Å². The van der Waals surface area contributed by atoms with Crippen LogP contribution in [-0.2, 0) is 32.7 Å². The van der Waals surface area contributed by atoms with Gasteiger partial charge in [0.15, 0.2) is 6.10 Å². The molecule has 0 aromatic carbocycles. The molecule has 0 aromatic rings. The quantitative estimate of drug-likeness (QED) is 0.0162. The van der Waals surface area contributed by atoms with Gasteiger partial charge in [-0.15, -0.1) is 0 Å². The molecule has 55 heavy (non-hydrogen) atoms. The lowest BCUT2D eigenvalue weighted by atomic mass is 10.1. The van der Waals surface area contributed by atoms with Crippen LogP contribution in [0.25, 0.3) is 0 Å². The third-order valence-corrected chi connectivity index (χ3v) is 9.90. The molecule has 0 aromatic heterocycles. The first-order chi connectivity index (χ1) is 26.4. The average molecular weight is 798 g/mol. The van der Waals surface area contributed by atoms with Gasteiger partial charge in [0.1, 0.15) is 19.8 Å². The number of phosphoric ester groups is 1. The van der Waals surface area contributed by atoms with Crippen molar-refractivity contribution in [2.75, 3.05) is 47.5 Å². The number of unbranched alkanes of at least 4 members (excludes halogenated alkanes) is 15. The first-order valence-corrected chi connectivity index (χ1v) is 22.9. The van der Waals surface area contributed by atoms with E-state index in [9.17, 15) is 24.2 Å². The number of rotatable bonds is 38. The summed E-state index contributed by atoms with van der Waals surface area (Å²) in [5.74, 6) is -0.919. The van der Waals surface area contributed by atoms with Crippen LogP contribution in [0.1, 0.15) is 162 Å². The minimum atomic E-state index is -4.65. The second-order valence-corrected chi connectivity index (χ2v) is 16.9. The van der Waals surface area contributed by atoms with Gasteiger partial charge in [0.05, 0.1) is 33.9 Å². The van der Waals surface area contributed by atoms with Gasteiger partial charge in [-0.3, -0.25) is 14.2 Å². The number of esters is 2. The molecule has 320 valence electrons. The van der Waals surface area contributed by atoms with E-state index in [2.05, 4.69) is 44.2 Å². The largest absolute Gasteiger partial charge is 0.756 e. The second kappa shape index (κ2) is 36.3. The molecule has 11 heteroatoms. The molecule has 0 aliphatic rings. The molecule has 0 spiro atoms. The Morgan fingerprint density at radius 3 is 1.89 bits per heavy atom. The summed E-state index contributed by atoms with van der Waals surface area (Å²) in [4.78, 5) is 37.5. The maximum Gasteiger partial charge on any atom is 0.306 e. The van der Waals surface area contributed by atoms with Gasteiger partial charge in [-0.1, -0.05) is 140 Å². The molecule has 0 saturated heterocycles. The van der Waals surface area contributed by atoms with E-state index >= 15 is 0 Å². The molecule has 0 rings (SSSR count). The molecule has 0 radical (unpaired) electrons. The molecule has 0 saturated carbocycles. The number of aliphatic hydroxyl groups is 1. The molecule has 0 amide bonds. The van der Waals surface area contributed by atoms with Crippen molar-refractivity contribution in [3.05, 3.63) is 48.6 Å². The van der Waals surface area contributed by atoms with Gasteiger partial charge >= 0.3 is 11.9 Å². The van der Waals surface area contributed by atoms with Crippen LogP contribution in [0.15, 0.2) is 48.6 Å². The summed E-state index contributed by atoms with van der Waals surface area (Å²) in [6.45, 7) is 3.95. The predicted molar refractivity (Wildman–Crippen MR) is 223 cm³/mol. The van der Waals surface area contributed by atoms with Crippen LogP contribution >= 0.6 is 7.82 Å². The minimum Gasteiger partial charge on any atom is -0.756 e. The fraction of sp³-hybridized carbons (Fsp3) is 0.773. The number of phosphoric acid groups is 1. The number of hydrogen-bond acceptors (Lipinski definition) is 9. The summed E-state index contributed by atoms with van der Waals surface area (Å²) < 4.78 is 33.8. The van der Waals surface area contributed by atoms with Gasteiger partial charge in [0, 0.05) is 12.8 Å². The number of allylic oxidation sites excluding steroid dienone is 7. The summed E-state index contributed by atoms with van der Waals surface area (Å²) in [6, 6.07) is 0. The lowest BCUT2D eigenvalue weighted by Crippen LogP contribution is -2.37. The van der Waals surface area contributed by atoms with Crippen molar-refractivity contribution in [1.29, 1.82) is 0 Å². The molecular weight excluding hydrogens is 717 g/mol. The molecule has 10 nitrogen and oxygen atoms in total. The Hall–Kier alpha value is -2.07. The van der Waals surface area contributed by atoms with Gasteiger partial charge in [-0.2, -0.15) is 0 Å². The Labute approximate surface area is 336 Å². The Morgan fingerprint density at radius 1 is 0.691 bits per heavy atom. The van der Waals surface area contributed by atoms with Crippen molar-refractivity contribution in [3.8, 4) is 0 Å². The Bertz CT molecular complexity index is 1100. The van der Waals surface area contributed by atoms with E-state index in [-0.39, 0.29) is 26.1 Å². The van der Waals surface area contributed by atoms with Gasteiger partial charge in [-0.05, 0) is 57.8 Å². The summed E-state index contributed by atoms with van der Waals surface area (Å²) >= 11 is 0. The Kier molecular flexibility index (Phi) is 34.9. The topological polar surface area (TPSA) is 131 Å². The molecule has 0 bridgehead atoms. The van der Waals surface area contributed by atoms with Crippen molar-refractivity contribution in [1.82, 2.24) is 0 Å². The molecule has 0 heterocycles. The summed E-state index contributed by atoms with van der Waals surface area (Å²) in [7, 11) is 1.10. The van der Waals surface area contributed by atoms with Crippen molar-refractivity contribution in [2.24, 2.45) is 0 Å². The van der Waals surface area contributed by atoms with E-state index < -0.39 is 38.6 Å². The highest BCUT2D eigenvalue weighted by Gasteiger charge is 2.21. The number of aliphatic hydroxyl groups excluding tert-OH is 1. The fourth-order valence-electron chi connectivity index (χ4n) is 5.54. The first-order valence-electron chi connectivity index (χ1n) is 21.5. The van der Waals surface area contributed by atoms with Crippen LogP contribution in [0.2, 0.25) is 0 Å². The monoisotopic (exact) mass is 798 g/mol. The Balaban J connectivity index is 4.47. The van der Waals surface area contributed by atoms with E-state index in [4.69, 9.17) is 18.5 Å². The third-order valence-electron chi connectivity index (χ3n) is 8.94. The van der Waals surface area contributed by atoms with Crippen molar-refractivity contribution in [2.45, 2.75) is 174 Å². The lowest BCUT2D eigenvalue weighted by molar-refractivity contribution is -0.870. The highest BCUT2D eigenvalue weighted by atomic mass is 31.2. The summed E-state index contributed by atoms with van der Waals surface area (Å²) in [6.07, 6.45) is 37.3. The fourth-order valence-corrected chi connectivity index (χ4v) is 6.27. The maximum atomic E-state index is 12.7. The van der Waals surface area contributed by atoms with E-state index in [1.807, 2.05) is 33.3 Å². The molecule has 2 unspecified atom stereocenters. The van der Waals surface area contributed by atoms with E-state index in [0.717, 1.165) is 64.2 Å². The zero-order valence-corrected chi connectivity index (χ0v) is 36.4. The van der Waals surface area contributed by atoms with Crippen LogP contribution in [0.5, 0.6) is 0 Å².